The van der Waals surface area contributed by atoms with Crippen molar-refractivity contribution in [2.24, 2.45) is 0 Å². The highest BCUT2D eigenvalue weighted by atomic mass is 16.5. The van der Waals surface area contributed by atoms with E-state index in [4.69, 9.17) is 4.74 Å². The summed E-state index contributed by atoms with van der Waals surface area (Å²) in [6.45, 7) is 6.77. The monoisotopic (exact) mass is 155 g/mol. The molecule has 0 radical (unpaired) electrons. The average Bonchev–Trinajstić information content (AvgIpc) is 2.60. The molecule has 0 aromatic heterocycles. The van der Waals surface area contributed by atoms with E-state index in [-0.39, 0.29) is 0 Å². The summed E-state index contributed by atoms with van der Waals surface area (Å²) in [4.78, 5) is 2.58. The van der Waals surface area contributed by atoms with Crippen LogP contribution in [-0.4, -0.2) is 36.2 Å². The van der Waals surface area contributed by atoms with Crippen molar-refractivity contribution in [2.75, 3.05) is 13.2 Å². The zero-order valence-electron chi connectivity index (χ0n) is 7.42. The second-order valence-corrected chi connectivity index (χ2v) is 3.90. The van der Waals surface area contributed by atoms with Crippen molar-refractivity contribution in [1.29, 1.82) is 0 Å². The van der Waals surface area contributed by atoms with Crippen LogP contribution in [0.2, 0.25) is 0 Å². The molecule has 2 fully saturated rings. The molecule has 11 heavy (non-hydrogen) atoms. The van der Waals surface area contributed by atoms with Crippen molar-refractivity contribution in [3.8, 4) is 0 Å². The van der Waals surface area contributed by atoms with Gasteiger partial charge in [-0.2, -0.15) is 0 Å². The van der Waals surface area contributed by atoms with Crippen molar-refractivity contribution in [1.82, 2.24) is 4.90 Å². The molecule has 0 spiro atoms. The highest BCUT2D eigenvalue weighted by Gasteiger charge is 2.44. The molecular formula is C9H17NO. The second kappa shape index (κ2) is 2.76. The minimum atomic E-state index is 0.583. The van der Waals surface area contributed by atoms with E-state index in [1.54, 1.807) is 0 Å². The van der Waals surface area contributed by atoms with Gasteiger partial charge in [0, 0.05) is 25.2 Å². The Bertz CT molecular complexity index is 146. The van der Waals surface area contributed by atoms with E-state index in [1.807, 2.05) is 0 Å². The third-order valence-corrected chi connectivity index (χ3v) is 2.68. The normalized spacial score (nSPS) is 38.5. The maximum Gasteiger partial charge on any atom is 0.0747 e. The van der Waals surface area contributed by atoms with Gasteiger partial charge in [-0.3, -0.25) is 4.90 Å². The van der Waals surface area contributed by atoms with Gasteiger partial charge >= 0.3 is 0 Å². The Labute approximate surface area is 68.5 Å². The van der Waals surface area contributed by atoms with Crippen LogP contribution in [0.4, 0.5) is 0 Å². The smallest absolute Gasteiger partial charge is 0.0747 e. The summed E-state index contributed by atoms with van der Waals surface area (Å²) in [6, 6.07) is 1.46. The van der Waals surface area contributed by atoms with E-state index < -0.39 is 0 Å². The molecule has 1 aliphatic heterocycles. The van der Waals surface area contributed by atoms with Gasteiger partial charge in [0.2, 0.25) is 0 Å². The molecule has 0 aromatic rings. The lowest BCUT2D eigenvalue weighted by Gasteiger charge is -2.24. The lowest BCUT2D eigenvalue weighted by Crippen LogP contribution is -2.34. The van der Waals surface area contributed by atoms with Gasteiger partial charge in [-0.05, 0) is 26.7 Å². The Morgan fingerprint density at radius 1 is 1.45 bits per heavy atom. The first-order valence-corrected chi connectivity index (χ1v) is 4.66. The van der Waals surface area contributed by atoms with Crippen molar-refractivity contribution in [3.63, 3.8) is 0 Å². The zero-order chi connectivity index (χ0) is 7.84. The maximum atomic E-state index is 5.62. The molecule has 0 unspecified atom stereocenters. The van der Waals surface area contributed by atoms with Gasteiger partial charge in [0.05, 0.1) is 6.10 Å². The number of rotatable bonds is 1. The van der Waals surface area contributed by atoms with Gasteiger partial charge in [-0.1, -0.05) is 0 Å². The summed E-state index contributed by atoms with van der Waals surface area (Å²) in [6.07, 6.45) is 3.07. The van der Waals surface area contributed by atoms with Gasteiger partial charge in [0.15, 0.2) is 0 Å². The minimum Gasteiger partial charge on any atom is -0.376 e. The van der Waals surface area contributed by atoms with Crippen molar-refractivity contribution in [2.45, 2.75) is 44.9 Å². The molecule has 2 heteroatoms. The molecule has 0 N–H and O–H groups in total. The maximum absolute atomic E-state index is 5.62. The summed E-state index contributed by atoms with van der Waals surface area (Å²) in [5.41, 5.74) is 0. The number of fused-ring (bicyclic) bond motifs is 1. The highest BCUT2D eigenvalue weighted by Crippen LogP contribution is 2.34. The Hall–Kier alpha value is -0.0800. The van der Waals surface area contributed by atoms with Gasteiger partial charge in [-0.25, -0.2) is 0 Å². The van der Waals surface area contributed by atoms with Crippen molar-refractivity contribution < 1.29 is 4.74 Å². The second-order valence-electron chi connectivity index (χ2n) is 3.90. The van der Waals surface area contributed by atoms with Crippen LogP contribution in [0.25, 0.3) is 0 Å². The fraction of sp³-hybridized carbons (Fsp3) is 1.00. The van der Waals surface area contributed by atoms with Crippen molar-refractivity contribution in [3.05, 3.63) is 0 Å². The fourth-order valence-corrected chi connectivity index (χ4v) is 1.98. The van der Waals surface area contributed by atoms with E-state index >= 15 is 0 Å². The Balaban J connectivity index is 1.96. The number of ether oxygens (including phenoxy) is 1. The van der Waals surface area contributed by atoms with E-state index in [2.05, 4.69) is 18.7 Å². The topological polar surface area (TPSA) is 12.5 Å². The van der Waals surface area contributed by atoms with Gasteiger partial charge in [-0.15, -0.1) is 0 Å². The Morgan fingerprint density at radius 3 is 3.00 bits per heavy atom. The fourth-order valence-electron chi connectivity index (χ4n) is 1.98. The lowest BCUT2D eigenvalue weighted by atomic mass is 10.3. The zero-order valence-corrected chi connectivity index (χ0v) is 7.42. The first-order chi connectivity index (χ1) is 5.29. The SMILES string of the molecule is CC(C)N1CCCO[C@@H]2C[C@@H]21. The number of nitrogens with zero attached hydrogens (tertiary/aromatic N) is 1. The van der Waals surface area contributed by atoms with E-state index in [1.165, 1.54) is 19.4 Å². The molecule has 2 atom stereocenters. The number of hydrogen-bond acceptors (Lipinski definition) is 2. The molecule has 1 saturated carbocycles. The average molecular weight is 155 g/mol. The van der Waals surface area contributed by atoms with Crippen LogP contribution in [0.5, 0.6) is 0 Å². The highest BCUT2D eigenvalue weighted by molar-refractivity contribution is 4.99. The van der Waals surface area contributed by atoms with Crippen molar-refractivity contribution >= 4 is 0 Å². The first-order valence-electron chi connectivity index (χ1n) is 4.66. The molecule has 0 amide bonds. The van der Waals surface area contributed by atoms with E-state index in [0.29, 0.717) is 12.1 Å². The summed E-state index contributed by atoms with van der Waals surface area (Å²) in [7, 11) is 0. The molecular weight excluding hydrogens is 138 g/mol. The van der Waals surface area contributed by atoms with Crippen LogP contribution in [0.1, 0.15) is 26.7 Å². The molecule has 2 nitrogen and oxygen atoms in total. The van der Waals surface area contributed by atoms with E-state index in [0.717, 1.165) is 12.6 Å². The van der Waals surface area contributed by atoms with Crippen LogP contribution < -0.4 is 0 Å². The van der Waals surface area contributed by atoms with Crippen LogP contribution in [0.15, 0.2) is 0 Å². The summed E-state index contributed by atoms with van der Waals surface area (Å²) < 4.78 is 5.62. The molecule has 1 aliphatic carbocycles. The van der Waals surface area contributed by atoms with Crippen LogP contribution in [0.3, 0.4) is 0 Å². The summed E-state index contributed by atoms with van der Waals surface area (Å²) >= 11 is 0. The molecule has 0 aromatic carbocycles. The molecule has 1 heterocycles. The predicted octanol–water partition coefficient (Wildman–Crippen LogP) is 1.26. The first kappa shape index (κ1) is 7.56. The predicted molar refractivity (Wildman–Crippen MR) is 44.6 cm³/mol. The van der Waals surface area contributed by atoms with Gasteiger partial charge in [0.25, 0.3) is 0 Å². The van der Waals surface area contributed by atoms with E-state index in [9.17, 15) is 0 Å². The number of hydrogen-bond donors (Lipinski definition) is 0. The molecule has 1 saturated heterocycles. The van der Waals surface area contributed by atoms with Gasteiger partial charge in [0.1, 0.15) is 0 Å². The lowest BCUT2D eigenvalue weighted by molar-refractivity contribution is 0.119. The Kier molecular flexibility index (Phi) is 1.90. The summed E-state index contributed by atoms with van der Waals surface area (Å²) in [5, 5.41) is 0. The van der Waals surface area contributed by atoms with Crippen LogP contribution in [0, 0.1) is 0 Å². The quantitative estimate of drug-likeness (QED) is 0.565. The molecule has 64 valence electrons. The third-order valence-electron chi connectivity index (χ3n) is 2.68. The van der Waals surface area contributed by atoms with Crippen LogP contribution >= 0.6 is 0 Å². The standard InChI is InChI=1S/C9H17NO/c1-7(2)10-4-3-5-11-9-6-8(9)10/h7-9H,3-6H2,1-2H3/t8-,9+/m0/s1. The molecule has 2 rings (SSSR count). The van der Waals surface area contributed by atoms with Gasteiger partial charge < -0.3 is 4.74 Å². The Morgan fingerprint density at radius 2 is 2.27 bits per heavy atom. The minimum absolute atomic E-state index is 0.583. The molecule has 2 aliphatic rings. The summed E-state index contributed by atoms with van der Waals surface area (Å²) in [5.74, 6) is 0. The molecule has 0 bridgehead atoms. The van der Waals surface area contributed by atoms with Crippen LogP contribution in [-0.2, 0) is 4.74 Å². The third kappa shape index (κ3) is 1.42. The largest absolute Gasteiger partial charge is 0.376 e.